The number of hydrogen-bond donors (Lipinski definition) is 5. The summed E-state index contributed by atoms with van der Waals surface area (Å²) in [5.41, 5.74) is 0.979. The summed E-state index contributed by atoms with van der Waals surface area (Å²) >= 11 is 0. The van der Waals surface area contributed by atoms with Gasteiger partial charge in [-0.1, -0.05) is 0 Å². The fourth-order valence-electron chi connectivity index (χ4n) is 2.47. The van der Waals surface area contributed by atoms with Gasteiger partial charge in [-0.2, -0.15) is 4.73 Å². The second kappa shape index (κ2) is 3.63. The summed E-state index contributed by atoms with van der Waals surface area (Å²) in [6.07, 6.45) is 0. The van der Waals surface area contributed by atoms with Gasteiger partial charge in [0.2, 0.25) is 0 Å². The molecule has 3 aromatic rings. The van der Waals surface area contributed by atoms with E-state index >= 15 is 0 Å². The maximum atomic E-state index is 10.2. The monoisotopic (exact) mass is 275 g/mol. The average molecular weight is 275 g/mol. The standard InChI is InChI=1S/C14H13NO5/c1-5-3-7-11(14(19)12(5)17)10-8(15(7)20)4-9(16)6(2)13(10)18/h3-4,16-20H,1-2H3. The van der Waals surface area contributed by atoms with Crippen molar-refractivity contribution in [3.05, 3.63) is 23.3 Å². The number of nitrogens with zero attached hydrogens (tertiary/aromatic N) is 1. The van der Waals surface area contributed by atoms with Gasteiger partial charge in [0.1, 0.15) is 11.5 Å². The highest BCUT2D eigenvalue weighted by Gasteiger charge is 2.22. The molecule has 6 heteroatoms. The summed E-state index contributed by atoms with van der Waals surface area (Å²) in [5, 5.41) is 50.2. The third kappa shape index (κ3) is 1.27. The Morgan fingerprint density at radius 3 is 2.00 bits per heavy atom. The lowest BCUT2D eigenvalue weighted by atomic mass is 10.0. The van der Waals surface area contributed by atoms with Crippen molar-refractivity contribution in [2.45, 2.75) is 13.8 Å². The van der Waals surface area contributed by atoms with E-state index in [4.69, 9.17) is 0 Å². The third-order valence-corrected chi connectivity index (χ3v) is 3.66. The molecule has 1 heterocycles. The van der Waals surface area contributed by atoms with E-state index in [0.717, 1.165) is 4.73 Å². The van der Waals surface area contributed by atoms with Gasteiger partial charge in [0, 0.05) is 11.6 Å². The van der Waals surface area contributed by atoms with Gasteiger partial charge in [-0.25, -0.2) is 0 Å². The Bertz CT molecular complexity index is 808. The maximum Gasteiger partial charge on any atom is 0.168 e. The first kappa shape index (κ1) is 12.3. The van der Waals surface area contributed by atoms with Crippen LogP contribution in [-0.4, -0.2) is 30.4 Å². The minimum absolute atomic E-state index is 0.131. The van der Waals surface area contributed by atoms with Crippen LogP contribution in [0, 0.1) is 13.8 Å². The van der Waals surface area contributed by atoms with Crippen molar-refractivity contribution in [3.8, 4) is 23.0 Å². The molecule has 0 aliphatic rings. The molecule has 0 unspecified atom stereocenters. The van der Waals surface area contributed by atoms with Crippen molar-refractivity contribution in [3.63, 3.8) is 0 Å². The number of aromatic hydroxyl groups is 4. The number of aryl methyl sites for hydroxylation is 1. The first-order valence-electron chi connectivity index (χ1n) is 5.95. The van der Waals surface area contributed by atoms with Gasteiger partial charge < -0.3 is 25.6 Å². The van der Waals surface area contributed by atoms with Crippen LogP contribution < -0.4 is 0 Å². The van der Waals surface area contributed by atoms with Gasteiger partial charge in [-0.15, -0.1) is 0 Å². The van der Waals surface area contributed by atoms with Gasteiger partial charge in [0.25, 0.3) is 0 Å². The van der Waals surface area contributed by atoms with E-state index in [1.807, 2.05) is 0 Å². The van der Waals surface area contributed by atoms with Crippen LogP contribution in [0.1, 0.15) is 11.1 Å². The fraction of sp³-hybridized carbons (Fsp3) is 0.143. The second-order valence-corrected chi connectivity index (χ2v) is 4.86. The molecule has 0 spiro atoms. The van der Waals surface area contributed by atoms with Crippen molar-refractivity contribution in [1.82, 2.24) is 4.73 Å². The topological polar surface area (TPSA) is 106 Å². The molecule has 0 aliphatic carbocycles. The van der Waals surface area contributed by atoms with Crippen molar-refractivity contribution < 1.29 is 25.6 Å². The van der Waals surface area contributed by atoms with Gasteiger partial charge in [-0.3, -0.25) is 0 Å². The quantitative estimate of drug-likeness (QED) is 0.320. The molecule has 5 N–H and O–H groups in total. The van der Waals surface area contributed by atoms with E-state index in [0.29, 0.717) is 5.56 Å². The Kier molecular flexibility index (Phi) is 2.23. The van der Waals surface area contributed by atoms with Gasteiger partial charge in [-0.05, 0) is 25.5 Å². The number of phenolic OH excluding ortho intramolecular Hbond substituents is 4. The zero-order chi connectivity index (χ0) is 14.8. The van der Waals surface area contributed by atoms with E-state index in [-0.39, 0.29) is 44.6 Å². The minimum Gasteiger partial charge on any atom is -0.507 e. The zero-order valence-electron chi connectivity index (χ0n) is 10.8. The fourth-order valence-corrected chi connectivity index (χ4v) is 2.47. The van der Waals surface area contributed by atoms with E-state index in [9.17, 15) is 25.6 Å². The Balaban J connectivity index is 2.71. The Morgan fingerprint density at radius 1 is 0.800 bits per heavy atom. The van der Waals surface area contributed by atoms with Crippen LogP contribution in [0.4, 0.5) is 0 Å². The molecule has 0 bridgehead atoms. The van der Waals surface area contributed by atoms with Gasteiger partial charge in [0.05, 0.1) is 21.8 Å². The molecule has 0 saturated carbocycles. The van der Waals surface area contributed by atoms with Crippen molar-refractivity contribution in [2.75, 3.05) is 0 Å². The highest BCUT2D eigenvalue weighted by Crippen LogP contribution is 2.47. The minimum atomic E-state index is -0.418. The smallest absolute Gasteiger partial charge is 0.168 e. The summed E-state index contributed by atoms with van der Waals surface area (Å²) < 4.78 is 0.760. The molecule has 2 aromatic carbocycles. The Hall–Kier alpha value is -2.76. The van der Waals surface area contributed by atoms with Crippen molar-refractivity contribution in [1.29, 1.82) is 0 Å². The molecule has 0 atom stereocenters. The summed E-state index contributed by atoms with van der Waals surface area (Å²) in [6.45, 7) is 3.09. The number of benzene rings is 2. The second-order valence-electron chi connectivity index (χ2n) is 4.86. The maximum absolute atomic E-state index is 10.2. The van der Waals surface area contributed by atoms with Gasteiger partial charge in [0.15, 0.2) is 11.5 Å². The first-order chi connectivity index (χ1) is 9.34. The Morgan fingerprint density at radius 2 is 1.35 bits per heavy atom. The van der Waals surface area contributed by atoms with E-state index in [2.05, 4.69) is 0 Å². The van der Waals surface area contributed by atoms with Gasteiger partial charge >= 0.3 is 0 Å². The highest BCUT2D eigenvalue weighted by molar-refractivity contribution is 6.15. The number of fused-ring (bicyclic) bond motifs is 3. The molecule has 1 aromatic heterocycles. The van der Waals surface area contributed by atoms with Crippen molar-refractivity contribution in [2.24, 2.45) is 0 Å². The van der Waals surface area contributed by atoms with E-state index in [1.165, 1.54) is 19.1 Å². The molecule has 6 nitrogen and oxygen atoms in total. The third-order valence-electron chi connectivity index (χ3n) is 3.66. The van der Waals surface area contributed by atoms with Crippen LogP contribution in [0.15, 0.2) is 12.1 Å². The average Bonchev–Trinajstić information content (AvgIpc) is 2.68. The first-order valence-corrected chi connectivity index (χ1v) is 5.95. The van der Waals surface area contributed by atoms with Crippen LogP contribution in [0.3, 0.4) is 0 Å². The Labute approximate surface area is 113 Å². The number of aromatic nitrogens is 1. The summed E-state index contributed by atoms with van der Waals surface area (Å²) in [6, 6.07) is 2.77. The number of rotatable bonds is 0. The predicted molar refractivity (Wildman–Crippen MR) is 72.8 cm³/mol. The highest BCUT2D eigenvalue weighted by atomic mass is 16.5. The van der Waals surface area contributed by atoms with Crippen LogP contribution in [0.25, 0.3) is 21.8 Å². The molecule has 0 fully saturated rings. The lowest BCUT2D eigenvalue weighted by Crippen LogP contribution is -1.89. The summed E-state index contributed by atoms with van der Waals surface area (Å²) in [5.74, 6) is -1.15. The lowest BCUT2D eigenvalue weighted by molar-refractivity contribution is 0.212. The normalized spacial score (nSPS) is 11.5. The van der Waals surface area contributed by atoms with Crippen LogP contribution in [0.2, 0.25) is 0 Å². The molecule has 3 rings (SSSR count). The molecule has 0 saturated heterocycles. The van der Waals surface area contributed by atoms with Crippen LogP contribution >= 0.6 is 0 Å². The van der Waals surface area contributed by atoms with Crippen molar-refractivity contribution >= 4 is 21.8 Å². The van der Waals surface area contributed by atoms with Crippen LogP contribution in [-0.2, 0) is 0 Å². The SMILES string of the molecule is Cc1cc2c(c(O)c1O)c1c(O)c(C)c(O)cc1n2O. The zero-order valence-corrected chi connectivity index (χ0v) is 10.8. The molecular formula is C14H13NO5. The molecule has 0 aliphatic heterocycles. The summed E-state index contributed by atoms with van der Waals surface area (Å²) in [7, 11) is 0. The molecule has 0 radical (unpaired) electrons. The summed E-state index contributed by atoms with van der Waals surface area (Å²) in [4.78, 5) is 0. The van der Waals surface area contributed by atoms with Crippen LogP contribution in [0.5, 0.6) is 23.0 Å². The lowest BCUT2D eigenvalue weighted by Gasteiger charge is -2.05. The number of phenols is 4. The molecule has 20 heavy (non-hydrogen) atoms. The largest absolute Gasteiger partial charge is 0.507 e. The van der Waals surface area contributed by atoms with E-state index in [1.54, 1.807) is 6.92 Å². The number of hydrogen-bond acceptors (Lipinski definition) is 5. The predicted octanol–water partition coefficient (Wildman–Crippen LogP) is 2.47. The molecule has 0 amide bonds. The molecular weight excluding hydrogens is 262 g/mol. The molecule has 104 valence electrons. The van der Waals surface area contributed by atoms with E-state index < -0.39 is 5.75 Å².